The Morgan fingerprint density at radius 1 is 1.29 bits per heavy atom. The van der Waals surface area contributed by atoms with E-state index in [-0.39, 0.29) is 16.3 Å². The smallest absolute Gasteiger partial charge is 0.267 e. The highest BCUT2D eigenvalue weighted by Crippen LogP contribution is 2.06. The van der Waals surface area contributed by atoms with E-state index in [1.165, 1.54) is 13.1 Å². The zero-order valence-electron chi connectivity index (χ0n) is 7.37. The molecule has 0 aliphatic heterocycles. The summed E-state index contributed by atoms with van der Waals surface area (Å²) in [5, 5.41) is 2.59. The van der Waals surface area contributed by atoms with Crippen molar-refractivity contribution in [1.82, 2.24) is 9.78 Å². The zero-order chi connectivity index (χ0) is 10.3. The molecule has 0 bridgehead atoms. The van der Waals surface area contributed by atoms with Gasteiger partial charge in [0, 0.05) is 7.05 Å². The molecule has 1 aromatic heterocycles. The van der Waals surface area contributed by atoms with Crippen molar-refractivity contribution in [2.45, 2.75) is 0 Å². The van der Waals surface area contributed by atoms with Gasteiger partial charge in [0.15, 0.2) is 0 Å². The number of nitrogens with zero attached hydrogens (tertiary/aromatic N) is 1. The van der Waals surface area contributed by atoms with E-state index in [2.05, 4.69) is 5.10 Å². The highest BCUT2D eigenvalue weighted by atomic mass is 19.1. The molecule has 1 N–H and O–H groups in total. The van der Waals surface area contributed by atoms with Crippen molar-refractivity contribution in [2.24, 2.45) is 7.05 Å². The number of halogens is 1. The molecule has 0 aliphatic rings. The Bertz CT molecular complexity index is 612. The van der Waals surface area contributed by atoms with Gasteiger partial charge in [0.05, 0.1) is 10.8 Å². The second kappa shape index (κ2) is 2.80. The van der Waals surface area contributed by atoms with E-state index >= 15 is 0 Å². The molecular formula is C9H7FN2O2. The van der Waals surface area contributed by atoms with Crippen molar-refractivity contribution in [3.05, 3.63) is 44.7 Å². The Morgan fingerprint density at radius 2 is 2.00 bits per heavy atom. The van der Waals surface area contributed by atoms with Crippen molar-refractivity contribution in [3.8, 4) is 0 Å². The number of H-pyrrole nitrogens is 1. The predicted octanol–water partition coefficient (Wildman–Crippen LogP) is 0.366. The lowest BCUT2D eigenvalue weighted by Crippen LogP contribution is -2.27. The lowest BCUT2D eigenvalue weighted by molar-refractivity contribution is 0.628. The van der Waals surface area contributed by atoms with E-state index in [1.807, 2.05) is 0 Å². The molecule has 72 valence electrons. The first-order valence-electron chi connectivity index (χ1n) is 3.98. The first-order valence-corrected chi connectivity index (χ1v) is 3.98. The van der Waals surface area contributed by atoms with Crippen LogP contribution in [0.2, 0.25) is 0 Å². The number of nitrogens with one attached hydrogen (secondary N) is 1. The minimum absolute atomic E-state index is 0.0769. The zero-order valence-corrected chi connectivity index (χ0v) is 7.37. The third kappa shape index (κ3) is 1.14. The molecule has 4 nitrogen and oxygen atoms in total. The largest absolute Gasteiger partial charge is 0.272 e. The van der Waals surface area contributed by atoms with Crippen LogP contribution < -0.4 is 11.1 Å². The molecule has 2 aromatic rings. The number of aromatic nitrogens is 2. The van der Waals surface area contributed by atoms with E-state index in [0.29, 0.717) is 0 Å². The van der Waals surface area contributed by atoms with Crippen LogP contribution in [0.25, 0.3) is 10.8 Å². The third-order valence-corrected chi connectivity index (χ3v) is 2.03. The lowest BCUT2D eigenvalue weighted by atomic mass is 10.2. The van der Waals surface area contributed by atoms with Crippen molar-refractivity contribution in [2.75, 3.05) is 0 Å². The second-order valence-electron chi connectivity index (χ2n) is 3.00. The SMILES string of the molecule is Cn1[nH]c(=O)c2cc(F)ccc2c1=O. The summed E-state index contributed by atoms with van der Waals surface area (Å²) in [7, 11) is 1.44. The van der Waals surface area contributed by atoms with Crippen LogP contribution in [0.5, 0.6) is 0 Å². The highest BCUT2D eigenvalue weighted by Gasteiger charge is 2.05. The van der Waals surface area contributed by atoms with E-state index in [0.717, 1.165) is 16.8 Å². The van der Waals surface area contributed by atoms with E-state index in [4.69, 9.17) is 0 Å². The van der Waals surface area contributed by atoms with Gasteiger partial charge in [-0.25, -0.2) is 4.39 Å². The van der Waals surface area contributed by atoms with Crippen molar-refractivity contribution in [1.29, 1.82) is 0 Å². The van der Waals surface area contributed by atoms with Crippen molar-refractivity contribution >= 4 is 10.8 Å². The highest BCUT2D eigenvalue weighted by molar-refractivity contribution is 5.80. The average Bonchev–Trinajstić information content (AvgIpc) is 2.14. The molecule has 0 unspecified atom stereocenters. The molecule has 5 heteroatoms. The molecule has 0 spiro atoms. The van der Waals surface area contributed by atoms with Crippen LogP contribution in [0.15, 0.2) is 27.8 Å². The summed E-state index contributed by atoms with van der Waals surface area (Å²) in [5.74, 6) is -0.531. The summed E-state index contributed by atoms with van der Waals surface area (Å²) >= 11 is 0. The number of fused-ring (bicyclic) bond motifs is 1. The summed E-state index contributed by atoms with van der Waals surface area (Å²) < 4.78 is 13.9. The Balaban J connectivity index is 3.10. The number of aryl methyl sites for hydroxylation is 1. The van der Waals surface area contributed by atoms with Crippen molar-refractivity contribution < 1.29 is 4.39 Å². The van der Waals surface area contributed by atoms with Crippen LogP contribution in [0.1, 0.15) is 0 Å². The second-order valence-corrected chi connectivity index (χ2v) is 3.00. The number of rotatable bonds is 0. The molecule has 0 radical (unpaired) electrons. The molecule has 0 aliphatic carbocycles. The summed E-state index contributed by atoms with van der Waals surface area (Å²) in [6, 6.07) is 3.51. The Kier molecular flexibility index (Phi) is 1.73. The maximum absolute atomic E-state index is 12.8. The van der Waals surface area contributed by atoms with Gasteiger partial charge in [-0.2, -0.15) is 0 Å². The van der Waals surface area contributed by atoms with Gasteiger partial charge >= 0.3 is 0 Å². The first kappa shape index (κ1) is 8.68. The van der Waals surface area contributed by atoms with Gasteiger partial charge in [0.2, 0.25) is 0 Å². The van der Waals surface area contributed by atoms with Crippen LogP contribution in [0.4, 0.5) is 4.39 Å². The Labute approximate surface area is 77.6 Å². The van der Waals surface area contributed by atoms with Gasteiger partial charge in [0.25, 0.3) is 11.1 Å². The van der Waals surface area contributed by atoms with Gasteiger partial charge in [-0.15, -0.1) is 0 Å². The summed E-state index contributed by atoms with van der Waals surface area (Å²) in [6.07, 6.45) is 0. The first-order chi connectivity index (χ1) is 6.59. The van der Waals surface area contributed by atoms with Crippen LogP contribution in [-0.4, -0.2) is 9.78 Å². The van der Waals surface area contributed by atoms with Gasteiger partial charge in [-0.05, 0) is 18.2 Å². The minimum atomic E-state index is -0.531. The van der Waals surface area contributed by atoms with Crippen LogP contribution >= 0.6 is 0 Å². The number of aromatic amines is 1. The molecule has 1 heterocycles. The number of benzene rings is 1. The molecule has 1 aromatic carbocycles. The van der Waals surface area contributed by atoms with E-state index in [9.17, 15) is 14.0 Å². The number of hydrogen-bond donors (Lipinski definition) is 1. The maximum Gasteiger partial charge on any atom is 0.272 e. The van der Waals surface area contributed by atoms with Crippen LogP contribution in [-0.2, 0) is 7.05 Å². The fraction of sp³-hybridized carbons (Fsp3) is 0.111. The molecule has 2 rings (SSSR count). The van der Waals surface area contributed by atoms with Gasteiger partial charge in [0.1, 0.15) is 5.82 Å². The van der Waals surface area contributed by atoms with Gasteiger partial charge in [-0.1, -0.05) is 0 Å². The quantitative estimate of drug-likeness (QED) is 0.658. The summed E-state index contributed by atoms with van der Waals surface area (Å²) in [5.41, 5.74) is -0.818. The van der Waals surface area contributed by atoms with E-state index in [1.54, 1.807) is 0 Å². The maximum atomic E-state index is 12.8. The average molecular weight is 194 g/mol. The summed E-state index contributed by atoms with van der Waals surface area (Å²) in [4.78, 5) is 22.8. The molecule has 0 amide bonds. The summed E-state index contributed by atoms with van der Waals surface area (Å²) in [6.45, 7) is 0. The fourth-order valence-corrected chi connectivity index (χ4v) is 1.33. The molecule has 0 saturated carbocycles. The van der Waals surface area contributed by atoms with Gasteiger partial charge in [-0.3, -0.25) is 19.4 Å². The topological polar surface area (TPSA) is 54.9 Å². The molecule has 14 heavy (non-hydrogen) atoms. The van der Waals surface area contributed by atoms with Crippen LogP contribution in [0, 0.1) is 5.82 Å². The standard InChI is InChI=1S/C9H7FN2O2/c1-12-9(14)6-3-2-5(10)4-7(6)8(13)11-12/h2-4H,1H3,(H,11,13). The minimum Gasteiger partial charge on any atom is -0.267 e. The predicted molar refractivity (Wildman–Crippen MR) is 49.8 cm³/mol. The van der Waals surface area contributed by atoms with Crippen LogP contribution in [0.3, 0.4) is 0 Å². The Hall–Kier alpha value is -1.91. The third-order valence-electron chi connectivity index (χ3n) is 2.03. The molecule has 0 atom stereocenters. The Morgan fingerprint density at radius 3 is 2.71 bits per heavy atom. The van der Waals surface area contributed by atoms with Crippen molar-refractivity contribution in [3.63, 3.8) is 0 Å². The lowest BCUT2D eigenvalue weighted by Gasteiger charge is -2.00. The molecular weight excluding hydrogens is 187 g/mol. The molecule has 0 fully saturated rings. The number of hydrogen-bond acceptors (Lipinski definition) is 2. The monoisotopic (exact) mass is 194 g/mol. The molecule has 0 saturated heterocycles. The van der Waals surface area contributed by atoms with E-state index < -0.39 is 11.4 Å². The fourth-order valence-electron chi connectivity index (χ4n) is 1.33. The normalized spacial score (nSPS) is 10.7. The van der Waals surface area contributed by atoms with Gasteiger partial charge < -0.3 is 0 Å².